The van der Waals surface area contributed by atoms with E-state index < -0.39 is 33.9 Å². The van der Waals surface area contributed by atoms with Crippen LogP contribution in [0.4, 0.5) is 15.8 Å². The molecule has 0 unspecified atom stereocenters. The molecule has 154 valence electrons. The molecule has 3 aromatic rings. The Morgan fingerprint density at radius 2 is 2.00 bits per heavy atom. The number of ether oxygens (including phenoxy) is 1. The minimum absolute atomic E-state index is 0.0407. The van der Waals surface area contributed by atoms with Crippen LogP contribution in [0.25, 0.3) is 0 Å². The van der Waals surface area contributed by atoms with Crippen molar-refractivity contribution in [3.8, 4) is 0 Å². The van der Waals surface area contributed by atoms with Gasteiger partial charge in [0, 0.05) is 18.0 Å². The number of nitrogens with zero attached hydrogens (tertiary/aromatic N) is 4. The first-order chi connectivity index (χ1) is 14.3. The number of pyridine rings is 1. The highest BCUT2D eigenvalue weighted by molar-refractivity contribution is 7.13. The Kier molecular flexibility index (Phi) is 5.92. The van der Waals surface area contributed by atoms with E-state index in [1.165, 1.54) is 24.3 Å². The summed E-state index contributed by atoms with van der Waals surface area (Å²) in [7, 11) is 1.10. The van der Waals surface area contributed by atoms with E-state index in [1.807, 2.05) is 0 Å². The van der Waals surface area contributed by atoms with Gasteiger partial charge in [0.1, 0.15) is 10.8 Å². The molecule has 1 N–H and O–H groups in total. The molecule has 0 spiro atoms. The second-order valence-corrected chi connectivity index (χ2v) is 6.82. The van der Waals surface area contributed by atoms with E-state index in [0.29, 0.717) is 5.69 Å². The van der Waals surface area contributed by atoms with Crippen molar-refractivity contribution in [1.29, 1.82) is 0 Å². The SMILES string of the molecule is COC(=O)c1cc([N+](=O)[O-])c(=O)n(Cc2nnc(C(=O)Nc3ccc(F)cc3)s2)c1. The molecule has 13 heteroatoms. The predicted molar refractivity (Wildman–Crippen MR) is 102 cm³/mol. The fraction of sp³-hybridized carbons (Fsp3) is 0.118. The summed E-state index contributed by atoms with van der Waals surface area (Å²) in [6, 6.07) is 5.91. The minimum Gasteiger partial charge on any atom is -0.465 e. The van der Waals surface area contributed by atoms with Crippen molar-refractivity contribution in [2.24, 2.45) is 0 Å². The first-order valence-corrected chi connectivity index (χ1v) is 8.96. The van der Waals surface area contributed by atoms with E-state index in [2.05, 4.69) is 20.3 Å². The lowest BCUT2D eigenvalue weighted by atomic mass is 10.2. The average Bonchev–Trinajstić information content (AvgIpc) is 3.19. The van der Waals surface area contributed by atoms with Gasteiger partial charge in [-0.1, -0.05) is 11.3 Å². The molecule has 1 amide bonds. The molecule has 11 nitrogen and oxygen atoms in total. The molecule has 0 aliphatic rings. The summed E-state index contributed by atoms with van der Waals surface area (Å²) < 4.78 is 18.4. The summed E-state index contributed by atoms with van der Waals surface area (Å²) >= 11 is 0.847. The molecule has 0 aliphatic heterocycles. The second kappa shape index (κ2) is 8.57. The number of halogens is 1. The van der Waals surface area contributed by atoms with E-state index in [-0.39, 0.29) is 22.1 Å². The lowest BCUT2D eigenvalue weighted by Gasteiger charge is -2.06. The van der Waals surface area contributed by atoms with Gasteiger partial charge < -0.3 is 14.6 Å². The largest absolute Gasteiger partial charge is 0.465 e. The maximum Gasteiger partial charge on any atom is 0.339 e. The van der Waals surface area contributed by atoms with Crippen LogP contribution in [-0.2, 0) is 11.3 Å². The number of esters is 1. The summed E-state index contributed by atoms with van der Waals surface area (Å²) in [5.74, 6) is -1.92. The smallest absolute Gasteiger partial charge is 0.339 e. The van der Waals surface area contributed by atoms with Crippen LogP contribution in [0.15, 0.2) is 41.3 Å². The predicted octanol–water partition coefficient (Wildman–Crippen LogP) is 1.83. The third-order valence-electron chi connectivity index (χ3n) is 3.75. The molecule has 30 heavy (non-hydrogen) atoms. The number of aromatic nitrogens is 3. The standard InChI is InChI=1S/C17H12FN5O6S/c1-29-17(26)9-6-12(23(27)28)16(25)22(7-9)8-13-20-21-15(30-13)14(24)19-11-4-2-10(18)3-5-11/h2-7H,8H2,1H3,(H,19,24). The van der Waals surface area contributed by atoms with Gasteiger partial charge in [0.05, 0.1) is 24.1 Å². The number of carbonyl (C=O) groups excluding carboxylic acids is 2. The van der Waals surface area contributed by atoms with Crippen LogP contribution in [0.1, 0.15) is 25.2 Å². The number of amides is 1. The second-order valence-electron chi connectivity index (χ2n) is 5.76. The Bertz CT molecular complexity index is 1190. The third-order valence-corrected chi connectivity index (χ3v) is 4.66. The number of hydrogen-bond acceptors (Lipinski definition) is 9. The van der Waals surface area contributed by atoms with Gasteiger partial charge >= 0.3 is 17.2 Å². The maximum atomic E-state index is 12.9. The van der Waals surface area contributed by atoms with Crippen LogP contribution in [0.2, 0.25) is 0 Å². The number of hydrogen-bond donors (Lipinski definition) is 1. The summed E-state index contributed by atoms with van der Waals surface area (Å²) in [4.78, 5) is 46.5. The Balaban J connectivity index is 1.84. The topological polar surface area (TPSA) is 146 Å². The van der Waals surface area contributed by atoms with Crippen molar-refractivity contribution < 1.29 is 23.6 Å². The number of nitro groups is 1. The van der Waals surface area contributed by atoms with Crippen molar-refractivity contribution in [2.45, 2.75) is 6.54 Å². The molecule has 0 radical (unpaired) electrons. The molecule has 0 aliphatic carbocycles. The van der Waals surface area contributed by atoms with Crippen molar-refractivity contribution >= 4 is 34.6 Å². The molecule has 3 rings (SSSR count). The monoisotopic (exact) mass is 433 g/mol. The van der Waals surface area contributed by atoms with Gasteiger partial charge in [-0.25, -0.2) is 9.18 Å². The van der Waals surface area contributed by atoms with Crippen molar-refractivity contribution in [3.63, 3.8) is 0 Å². The van der Waals surface area contributed by atoms with Gasteiger partial charge in [-0.3, -0.25) is 19.7 Å². The number of carbonyl (C=O) groups is 2. The van der Waals surface area contributed by atoms with Crippen molar-refractivity contribution in [2.75, 3.05) is 12.4 Å². The summed E-state index contributed by atoms with van der Waals surface area (Å²) in [5.41, 5.74) is -1.62. The highest BCUT2D eigenvalue weighted by Crippen LogP contribution is 2.16. The zero-order valence-corrected chi connectivity index (χ0v) is 16.0. The Morgan fingerprint density at radius 1 is 1.30 bits per heavy atom. The van der Waals surface area contributed by atoms with Crippen LogP contribution in [0.3, 0.4) is 0 Å². The van der Waals surface area contributed by atoms with E-state index in [0.717, 1.165) is 35.3 Å². The van der Waals surface area contributed by atoms with Crippen LogP contribution < -0.4 is 10.9 Å². The number of benzene rings is 1. The van der Waals surface area contributed by atoms with E-state index >= 15 is 0 Å². The maximum absolute atomic E-state index is 12.9. The van der Waals surface area contributed by atoms with Crippen LogP contribution in [0.5, 0.6) is 0 Å². The fourth-order valence-electron chi connectivity index (χ4n) is 2.37. The molecule has 1 aromatic carbocycles. The van der Waals surface area contributed by atoms with E-state index in [1.54, 1.807) is 0 Å². The quantitative estimate of drug-likeness (QED) is 0.352. The fourth-order valence-corrected chi connectivity index (χ4v) is 3.10. The lowest BCUT2D eigenvalue weighted by molar-refractivity contribution is -0.386. The van der Waals surface area contributed by atoms with Crippen LogP contribution in [-0.4, -0.2) is 38.7 Å². The molecular weight excluding hydrogens is 421 g/mol. The Morgan fingerprint density at radius 3 is 2.63 bits per heavy atom. The zero-order valence-electron chi connectivity index (χ0n) is 15.2. The van der Waals surface area contributed by atoms with Crippen LogP contribution >= 0.6 is 11.3 Å². The molecular formula is C17H12FN5O6S. The number of rotatable bonds is 6. The van der Waals surface area contributed by atoms with Gasteiger partial charge in [0.2, 0.25) is 5.01 Å². The van der Waals surface area contributed by atoms with E-state index in [9.17, 15) is 28.9 Å². The molecule has 0 atom stereocenters. The first-order valence-electron chi connectivity index (χ1n) is 8.15. The van der Waals surface area contributed by atoms with Gasteiger partial charge in [-0.05, 0) is 24.3 Å². The van der Waals surface area contributed by atoms with E-state index in [4.69, 9.17) is 0 Å². The van der Waals surface area contributed by atoms with Crippen molar-refractivity contribution in [1.82, 2.24) is 14.8 Å². The molecule has 0 fully saturated rings. The van der Waals surface area contributed by atoms with Crippen LogP contribution in [0, 0.1) is 15.9 Å². The zero-order chi connectivity index (χ0) is 21.8. The summed E-state index contributed by atoms with van der Waals surface area (Å²) in [6.45, 7) is -0.258. The van der Waals surface area contributed by atoms with Gasteiger partial charge in [0.25, 0.3) is 5.91 Å². The third kappa shape index (κ3) is 4.52. The number of nitrogens with one attached hydrogen (secondary N) is 1. The Labute approximate surface area is 170 Å². The number of methoxy groups -OCH3 is 1. The van der Waals surface area contributed by atoms with Crippen molar-refractivity contribution in [3.05, 3.63) is 78.4 Å². The molecule has 0 bridgehead atoms. The first kappa shape index (κ1) is 20.7. The summed E-state index contributed by atoms with van der Waals surface area (Å²) in [5, 5.41) is 21.3. The lowest BCUT2D eigenvalue weighted by Crippen LogP contribution is -2.24. The molecule has 2 aromatic heterocycles. The Hall–Kier alpha value is -4.00. The summed E-state index contributed by atoms with van der Waals surface area (Å²) in [6.07, 6.45) is 1.10. The highest BCUT2D eigenvalue weighted by atomic mass is 32.1. The van der Waals surface area contributed by atoms with Gasteiger partial charge in [0.15, 0.2) is 0 Å². The average molecular weight is 433 g/mol. The minimum atomic E-state index is -0.958. The van der Waals surface area contributed by atoms with Gasteiger partial charge in [-0.2, -0.15) is 0 Å². The molecule has 0 saturated heterocycles. The normalized spacial score (nSPS) is 10.5. The molecule has 2 heterocycles. The highest BCUT2D eigenvalue weighted by Gasteiger charge is 2.21. The van der Waals surface area contributed by atoms with Gasteiger partial charge in [-0.15, -0.1) is 10.2 Å². The molecule has 0 saturated carbocycles. The number of anilines is 1.